The number of carbonyl (C=O) groups is 3. The molecule has 1 spiro atoms. The number of oxime groups is 1. The molecule has 33 heavy (non-hydrogen) atoms. The van der Waals surface area contributed by atoms with Gasteiger partial charge in [0.05, 0.1) is 17.1 Å². The average molecular weight is 451 g/mol. The molecule has 8 nitrogen and oxygen atoms in total. The number of benzene rings is 2. The summed E-state index contributed by atoms with van der Waals surface area (Å²) in [5.74, 6) is -1.85. The molecular formula is C24H22FN3O5. The second-order valence-corrected chi connectivity index (χ2v) is 8.39. The molecule has 2 aromatic rings. The van der Waals surface area contributed by atoms with Gasteiger partial charge in [-0.15, -0.1) is 0 Å². The van der Waals surface area contributed by atoms with E-state index in [1.54, 1.807) is 36.4 Å². The third kappa shape index (κ3) is 3.73. The molecule has 1 unspecified atom stereocenters. The Morgan fingerprint density at radius 2 is 1.97 bits per heavy atom. The zero-order valence-electron chi connectivity index (χ0n) is 17.8. The largest absolute Gasteiger partial charge is 0.453 e. The maximum atomic E-state index is 13.5. The Bertz CT molecular complexity index is 1160. The summed E-state index contributed by atoms with van der Waals surface area (Å²) in [6.45, 7) is -0.530. The van der Waals surface area contributed by atoms with Crippen molar-refractivity contribution in [3.63, 3.8) is 0 Å². The molecule has 0 radical (unpaired) electrons. The van der Waals surface area contributed by atoms with Crippen LogP contribution in [0.4, 0.5) is 15.8 Å². The number of nitrogens with zero attached hydrogens (tertiary/aromatic N) is 2. The van der Waals surface area contributed by atoms with Crippen LogP contribution in [0.15, 0.2) is 53.7 Å². The number of rotatable bonds is 4. The molecule has 1 atom stereocenters. The van der Waals surface area contributed by atoms with Gasteiger partial charge in [-0.25, -0.2) is 9.18 Å². The highest BCUT2D eigenvalue weighted by molar-refractivity contribution is 6.15. The van der Waals surface area contributed by atoms with E-state index in [0.717, 1.165) is 12.8 Å². The fraction of sp³-hybridized carbons (Fsp3) is 0.333. The van der Waals surface area contributed by atoms with E-state index in [0.29, 0.717) is 35.5 Å². The van der Waals surface area contributed by atoms with E-state index in [-0.39, 0.29) is 12.3 Å². The predicted octanol–water partition coefficient (Wildman–Crippen LogP) is 3.16. The van der Waals surface area contributed by atoms with Crippen LogP contribution in [0.2, 0.25) is 0 Å². The number of amides is 2. The van der Waals surface area contributed by atoms with Gasteiger partial charge in [-0.1, -0.05) is 42.3 Å². The Kier molecular flexibility index (Phi) is 5.32. The van der Waals surface area contributed by atoms with Gasteiger partial charge in [-0.05, 0) is 37.1 Å². The van der Waals surface area contributed by atoms with Gasteiger partial charge in [-0.3, -0.25) is 14.5 Å². The summed E-state index contributed by atoms with van der Waals surface area (Å²) in [6, 6.07) is 12.9. The number of hydrogen-bond acceptors (Lipinski definition) is 6. The monoisotopic (exact) mass is 451 g/mol. The number of esters is 1. The van der Waals surface area contributed by atoms with Crippen molar-refractivity contribution < 1.29 is 28.3 Å². The second kappa shape index (κ2) is 8.31. The molecule has 5 rings (SSSR count). The first-order chi connectivity index (χ1) is 16.0. The molecule has 0 bridgehead atoms. The van der Waals surface area contributed by atoms with Crippen molar-refractivity contribution in [2.75, 3.05) is 16.8 Å². The molecule has 1 saturated carbocycles. The molecule has 1 N–H and O–H groups in total. The van der Waals surface area contributed by atoms with Crippen molar-refractivity contribution in [1.29, 1.82) is 0 Å². The van der Waals surface area contributed by atoms with Gasteiger partial charge in [0, 0.05) is 12.0 Å². The van der Waals surface area contributed by atoms with Crippen molar-refractivity contribution in [3.05, 3.63) is 59.9 Å². The Hall–Kier alpha value is -3.75. The summed E-state index contributed by atoms with van der Waals surface area (Å²) in [5.41, 5.74) is 1.10. The van der Waals surface area contributed by atoms with Crippen LogP contribution in [0.5, 0.6) is 0 Å². The van der Waals surface area contributed by atoms with Gasteiger partial charge in [0.2, 0.25) is 6.10 Å². The Morgan fingerprint density at radius 1 is 1.18 bits per heavy atom. The number of ether oxygens (including phenoxy) is 1. The van der Waals surface area contributed by atoms with E-state index in [9.17, 15) is 18.8 Å². The smallest absolute Gasteiger partial charge is 0.351 e. The highest BCUT2D eigenvalue weighted by atomic mass is 19.1. The third-order valence-corrected chi connectivity index (χ3v) is 6.35. The number of nitrogens with one attached hydrogen (secondary N) is 1. The average Bonchev–Trinajstić information content (AvgIpc) is 3.49. The highest BCUT2D eigenvalue weighted by Crippen LogP contribution is 2.45. The first-order valence-electron chi connectivity index (χ1n) is 10.9. The van der Waals surface area contributed by atoms with E-state index >= 15 is 0 Å². The topological polar surface area (TPSA) is 97.3 Å². The van der Waals surface area contributed by atoms with Crippen molar-refractivity contribution in [3.8, 4) is 0 Å². The molecule has 2 aromatic carbocycles. The third-order valence-electron chi connectivity index (χ3n) is 6.35. The minimum Gasteiger partial charge on any atom is -0.453 e. The summed E-state index contributed by atoms with van der Waals surface area (Å²) in [7, 11) is 0. The summed E-state index contributed by atoms with van der Waals surface area (Å²) in [5, 5.41) is 6.77. The van der Waals surface area contributed by atoms with Gasteiger partial charge >= 0.3 is 5.97 Å². The van der Waals surface area contributed by atoms with Crippen LogP contribution in [-0.4, -0.2) is 41.7 Å². The standard InChI is InChI=1S/C24H22FN3O5/c25-16-7-5-6-15(12-16)18-13-20(33-27-18)22(30)32-14-21(29)28-19-9-2-1-8-17(19)26-23(31)24(28)10-3-4-11-24/h1-2,5-9,12,20H,3-4,10-11,13-14H2,(H,26,31). The van der Waals surface area contributed by atoms with E-state index in [2.05, 4.69) is 10.5 Å². The lowest BCUT2D eigenvalue weighted by molar-refractivity contribution is -0.158. The molecule has 0 saturated heterocycles. The Morgan fingerprint density at radius 3 is 2.76 bits per heavy atom. The van der Waals surface area contributed by atoms with Crippen LogP contribution in [0.25, 0.3) is 0 Å². The van der Waals surface area contributed by atoms with E-state index in [1.165, 1.54) is 17.0 Å². The number of halogens is 1. The summed E-state index contributed by atoms with van der Waals surface area (Å²) in [4.78, 5) is 45.4. The van der Waals surface area contributed by atoms with E-state index < -0.39 is 35.9 Å². The fourth-order valence-corrected chi connectivity index (χ4v) is 4.76. The van der Waals surface area contributed by atoms with E-state index in [4.69, 9.17) is 9.57 Å². The first-order valence-corrected chi connectivity index (χ1v) is 10.9. The van der Waals surface area contributed by atoms with Gasteiger partial charge in [0.25, 0.3) is 11.8 Å². The molecule has 3 aliphatic rings. The van der Waals surface area contributed by atoms with Gasteiger partial charge < -0.3 is 14.9 Å². The first kappa shape index (κ1) is 21.1. The maximum absolute atomic E-state index is 13.5. The number of carbonyl (C=O) groups excluding carboxylic acids is 3. The van der Waals surface area contributed by atoms with Crippen molar-refractivity contribution in [1.82, 2.24) is 0 Å². The molecular weight excluding hydrogens is 429 g/mol. The van der Waals surface area contributed by atoms with E-state index in [1.807, 2.05) is 0 Å². The normalized spacial score (nSPS) is 20.6. The summed E-state index contributed by atoms with van der Waals surface area (Å²) in [6.07, 6.45) is 1.83. The predicted molar refractivity (Wildman–Crippen MR) is 117 cm³/mol. The molecule has 0 aromatic heterocycles. The molecule has 9 heteroatoms. The van der Waals surface area contributed by atoms with Crippen LogP contribution in [0, 0.1) is 5.82 Å². The number of para-hydroxylation sites is 2. The quantitative estimate of drug-likeness (QED) is 0.721. The van der Waals surface area contributed by atoms with Crippen LogP contribution in [0.1, 0.15) is 37.7 Å². The number of hydrogen-bond donors (Lipinski definition) is 1. The Labute approximate surface area is 189 Å². The molecule has 2 amide bonds. The van der Waals surface area contributed by atoms with Crippen molar-refractivity contribution in [2.24, 2.45) is 5.16 Å². The molecule has 1 aliphatic carbocycles. The van der Waals surface area contributed by atoms with Crippen LogP contribution < -0.4 is 10.2 Å². The van der Waals surface area contributed by atoms with Crippen LogP contribution in [0.3, 0.4) is 0 Å². The van der Waals surface area contributed by atoms with Crippen molar-refractivity contribution in [2.45, 2.75) is 43.7 Å². The second-order valence-electron chi connectivity index (χ2n) is 8.39. The summed E-state index contributed by atoms with van der Waals surface area (Å²) < 4.78 is 18.7. The Balaban J connectivity index is 1.28. The minimum atomic E-state index is -1.02. The van der Waals surface area contributed by atoms with Gasteiger partial charge in [0.1, 0.15) is 11.4 Å². The van der Waals surface area contributed by atoms with Gasteiger partial charge in [-0.2, -0.15) is 0 Å². The summed E-state index contributed by atoms with van der Waals surface area (Å²) >= 11 is 0. The SMILES string of the molecule is O=C(OCC(=O)N1c2ccccc2NC(=O)C12CCCC2)C1CC(c2cccc(F)c2)=NO1. The van der Waals surface area contributed by atoms with Crippen LogP contribution >= 0.6 is 0 Å². The zero-order chi connectivity index (χ0) is 23.0. The maximum Gasteiger partial charge on any atom is 0.351 e. The fourth-order valence-electron chi connectivity index (χ4n) is 4.76. The lowest BCUT2D eigenvalue weighted by Gasteiger charge is -2.44. The minimum absolute atomic E-state index is 0.107. The molecule has 2 aliphatic heterocycles. The zero-order valence-corrected chi connectivity index (χ0v) is 17.8. The van der Waals surface area contributed by atoms with Crippen LogP contribution in [-0.2, 0) is 24.0 Å². The molecule has 170 valence electrons. The highest BCUT2D eigenvalue weighted by Gasteiger charge is 2.52. The number of anilines is 2. The molecule has 2 heterocycles. The lowest BCUT2D eigenvalue weighted by atomic mass is 9.90. The van der Waals surface area contributed by atoms with Crippen molar-refractivity contribution >= 4 is 34.9 Å². The molecule has 1 fully saturated rings. The van der Waals surface area contributed by atoms with Gasteiger partial charge in [0.15, 0.2) is 6.61 Å². The lowest BCUT2D eigenvalue weighted by Crippen LogP contribution is -2.61. The number of fused-ring (bicyclic) bond motifs is 1.